The predicted octanol–water partition coefficient (Wildman–Crippen LogP) is 8.57. The normalized spacial score (nSPS) is 16.3. The topological polar surface area (TPSA) is 214 Å². The molecule has 14 nitrogen and oxygen atoms in total. The number of nitrogens with one attached hydrogen (secondary N) is 4. The van der Waals surface area contributed by atoms with Crippen LogP contribution in [0.25, 0.3) is 11.2 Å². The van der Waals surface area contributed by atoms with Crippen LogP contribution in [0.1, 0.15) is 144 Å². The molecule has 0 saturated heterocycles. The number of benzene rings is 2. The molecule has 3 heterocycles. The quantitative estimate of drug-likeness (QED) is 0.0467. The number of rotatable bonds is 21. The first-order valence-corrected chi connectivity index (χ1v) is 21.9. The van der Waals surface area contributed by atoms with Crippen molar-refractivity contribution in [3.8, 4) is 5.75 Å². The second-order valence-electron chi connectivity index (χ2n) is 18.0. The summed E-state index contributed by atoms with van der Waals surface area (Å²) in [5.74, 6) is 0.957. The van der Waals surface area contributed by atoms with Crippen LogP contribution < -0.4 is 32.0 Å². The molecule has 14 heteroatoms. The largest absolute Gasteiger partial charge is 0.487 e. The number of carboxylic acid groups (broad SMARTS) is 1. The van der Waals surface area contributed by atoms with Gasteiger partial charge in [0, 0.05) is 23.4 Å². The summed E-state index contributed by atoms with van der Waals surface area (Å²) in [6, 6.07) is 5.17. The van der Waals surface area contributed by atoms with E-state index in [-0.39, 0.29) is 53.6 Å². The smallest absolute Gasteiger partial charge is 0.326 e. The molecule has 2 aromatic heterocycles. The van der Waals surface area contributed by atoms with Gasteiger partial charge in [0.05, 0.1) is 18.4 Å². The van der Waals surface area contributed by atoms with Crippen LogP contribution in [0.2, 0.25) is 0 Å². The Kier molecular flexibility index (Phi) is 15.9. The van der Waals surface area contributed by atoms with Crippen LogP contribution in [0.15, 0.2) is 35.3 Å². The lowest BCUT2D eigenvalue weighted by atomic mass is 9.82. The summed E-state index contributed by atoms with van der Waals surface area (Å²) in [6.07, 6.45) is 13.0. The Morgan fingerprint density at radius 2 is 1.59 bits per heavy atom. The number of carboxylic acids is 1. The SMILES string of the molecule is Cc1c(C)c2c(c(C)c1NC(=O)CC[C@H](NC(=O)c1ccc(NCc3cnc4nc(N)[nH]c(=O)c4n3)cc1)C(=O)O)CCC(C)(CCC(C)CCCC(C)CCCC(C)C)O2. The van der Waals surface area contributed by atoms with Crippen molar-refractivity contribution in [3.05, 3.63) is 74.3 Å². The van der Waals surface area contributed by atoms with Gasteiger partial charge >= 0.3 is 5.97 Å². The predicted molar refractivity (Wildman–Crippen MR) is 241 cm³/mol. The standard InChI is InChI=1S/C47H66N8O6/c1-27(2)11-9-12-28(3)13-10-14-29(4)21-23-47(8)24-22-36-32(7)39(30(5)31(6)41(36)61-47)53-38(56)20-19-37(45(59)60)52-43(57)33-15-17-34(18-16-33)49-25-35-26-50-42-40(51-35)44(58)55-46(48)54-42/h15-18,26-29,37,49H,9-14,19-25H2,1-8H3,(H,52,57)(H,53,56)(H,59,60)(H3,48,50,54,55,58)/t28?,29?,37-,47?/m0/s1. The average Bonchev–Trinajstić information content (AvgIpc) is 3.21. The first kappa shape index (κ1) is 46.5. The van der Waals surface area contributed by atoms with Crippen molar-refractivity contribution in [1.29, 1.82) is 0 Å². The van der Waals surface area contributed by atoms with Gasteiger partial charge < -0.3 is 31.5 Å². The van der Waals surface area contributed by atoms with Gasteiger partial charge in [0.1, 0.15) is 17.4 Å². The number of carbonyl (C=O) groups excluding carboxylic acids is 2. The van der Waals surface area contributed by atoms with E-state index in [0.29, 0.717) is 17.3 Å². The van der Waals surface area contributed by atoms with E-state index in [0.717, 1.165) is 71.2 Å². The van der Waals surface area contributed by atoms with Crippen LogP contribution in [-0.4, -0.2) is 54.5 Å². The molecule has 7 N–H and O–H groups in total. The number of anilines is 3. The van der Waals surface area contributed by atoms with Crippen molar-refractivity contribution in [2.24, 2.45) is 17.8 Å². The van der Waals surface area contributed by atoms with Gasteiger partial charge in [0.15, 0.2) is 11.2 Å². The van der Waals surface area contributed by atoms with E-state index < -0.39 is 23.5 Å². The Labute approximate surface area is 359 Å². The minimum absolute atomic E-state index is 0.0459. The maximum absolute atomic E-state index is 13.3. The summed E-state index contributed by atoms with van der Waals surface area (Å²) in [5.41, 5.74) is 11.2. The zero-order valence-electron chi connectivity index (χ0n) is 37.3. The summed E-state index contributed by atoms with van der Waals surface area (Å²) in [6.45, 7) is 17.9. The number of hydrogen-bond acceptors (Lipinski definition) is 10. The van der Waals surface area contributed by atoms with Gasteiger partial charge in [-0.15, -0.1) is 0 Å². The van der Waals surface area contributed by atoms with Crippen LogP contribution in [0.3, 0.4) is 0 Å². The molecule has 0 aliphatic carbocycles. The number of aromatic nitrogens is 4. The zero-order chi connectivity index (χ0) is 44.4. The van der Waals surface area contributed by atoms with Crippen LogP contribution >= 0.6 is 0 Å². The summed E-state index contributed by atoms with van der Waals surface area (Å²) in [5, 5.41) is 18.7. The third-order valence-electron chi connectivity index (χ3n) is 12.3. The lowest BCUT2D eigenvalue weighted by molar-refractivity contribution is -0.139. The fraction of sp³-hybridized carbons (Fsp3) is 0.553. The highest BCUT2D eigenvalue weighted by atomic mass is 16.5. The molecule has 4 atom stereocenters. The number of aromatic amines is 1. The third kappa shape index (κ3) is 12.7. The molecule has 0 spiro atoms. The van der Waals surface area contributed by atoms with Crippen molar-refractivity contribution >= 4 is 46.3 Å². The molecule has 0 saturated carbocycles. The zero-order valence-corrected chi connectivity index (χ0v) is 37.3. The van der Waals surface area contributed by atoms with E-state index in [1.807, 2.05) is 20.8 Å². The van der Waals surface area contributed by atoms with Gasteiger partial charge in [0.2, 0.25) is 11.9 Å². The maximum Gasteiger partial charge on any atom is 0.326 e. The van der Waals surface area contributed by atoms with E-state index in [2.05, 4.69) is 70.5 Å². The monoisotopic (exact) mass is 839 g/mol. The Bertz CT molecular complexity index is 2240. The van der Waals surface area contributed by atoms with Crippen LogP contribution in [0.5, 0.6) is 5.75 Å². The number of fused-ring (bicyclic) bond motifs is 2. The highest BCUT2D eigenvalue weighted by molar-refractivity contribution is 5.97. The third-order valence-corrected chi connectivity index (χ3v) is 12.3. The second-order valence-corrected chi connectivity index (χ2v) is 18.0. The fourth-order valence-corrected chi connectivity index (χ4v) is 8.17. The molecular weight excluding hydrogens is 773 g/mol. The summed E-state index contributed by atoms with van der Waals surface area (Å²) in [4.78, 5) is 65.6. The van der Waals surface area contributed by atoms with Gasteiger partial charge in [-0.1, -0.05) is 66.2 Å². The van der Waals surface area contributed by atoms with Gasteiger partial charge in [-0.3, -0.25) is 19.4 Å². The summed E-state index contributed by atoms with van der Waals surface area (Å²) < 4.78 is 6.82. The first-order valence-electron chi connectivity index (χ1n) is 21.9. The summed E-state index contributed by atoms with van der Waals surface area (Å²) >= 11 is 0. The molecule has 330 valence electrons. The number of aliphatic carboxylic acids is 1. The van der Waals surface area contributed by atoms with Gasteiger partial charge in [-0.05, 0) is 124 Å². The Balaban J connectivity index is 1.10. The Morgan fingerprint density at radius 1 is 0.918 bits per heavy atom. The van der Waals surface area contributed by atoms with Crippen molar-refractivity contribution in [1.82, 2.24) is 25.3 Å². The Hall–Kier alpha value is -5.53. The number of H-pyrrole nitrogens is 1. The number of hydrogen-bond donors (Lipinski definition) is 6. The highest BCUT2D eigenvalue weighted by Crippen LogP contribution is 2.44. The van der Waals surface area contributed by atoms with E-state index >= 15 is 0 Å². The van der Waals surface area contributed by atoms with Crippen LogP contribution in [0.4, 0.5) is 17.3 Å². The van der Waals surface area contributed by atoms with E-state index in [1.54, 1.807) is 24.3 Å². The maximum atomic E-state index is 13.3. The highest BCUT2D eigenvalue weighted by Gasteiger charge is 2.35. The number of nitrogen functional groups attached to an aromatic ring is 1. The second kappa shape index (κ2) is 20.8. The molecule has 4 aromatic rings. The van der Waals surface area contributed by atoms with Crippen LogP contribution in [0, 0.1) is 38.5 Å². The lowest BCUT2D eigenvalue weighted by Crippen LogP contribution is -2.41. The Morgan fingerprint density at radius 3 is 2.26 bits per heavy atom. The molecule has 5 rings (SSSR count). The molecule has 0 radical (unpaired) electrons. The number of nitrogens with two attached hydrogens (primary N) is 1. The number of amides is 2. The minimum atomic E-state index is -1.28. The van der Waals surface area contributed by atoms with E-state index in [1.165, 1.54) is 44.7 Å². The van der Waals surface area contributed by atoms with Gasteiger partial charge in [-0.2, -0.15) is 4.98 Å². The molecule has 2 aromatic carbocycles. The van der Waals surface area contributed by atoms with Gasteiger partial charge in [-0.25, -0.2) is 14.8 Å². The molecule has 3 unspecified atom stereocenters. The molecular formula is C47H66N8O6. The van der Waals surface area contributed by atoms with Crippen molar-refractivity contribution in [2.45, 2.75) is 151 Å². The number of nitrogens with zero attached hydrogens (tertiary/aromatic N) is 3. The molecule has 61 heavy (non-hydrogen) atoms. The molecule has 1 aliphatic heterocycles. The summed E-state index contributed by atoms with van der Waals surface area (Å²) in [7, 11) is 0. The van der Waals surface area contributed by atoms with Crippen LogP contribution in [-0.2, 0) is 22.6 Å². The minimum Gasteiger partial charge on any atom is -0.487 e. The lowest BCUT2D eigenvalue weighted by Gasteiger charge is -2.39. The van der Waals surface area contributed by atoms with Gasteiger partial charge in [0.25, 0.3) is 11.5 Å². The molecule has 0 fully saturated rings. The van der Waals surface area contributed by atoms with E-state index in [4.69, 9.17) is 10.5 Å². The van der Waals surface area contributed by atoms with E-state index in [9.17, 15) is 24.3 Å². The number of ether oxygens (including phenoxy) is 1. The molecule has 0 bridgehead atoms. The van der Waals surface area contributed by atoms with Crippen molar-refractivity contribution in [3.63, 3.8) is 0 Å². The van der Waals surface area contributed by atoms with Crippen molar-refractivity contribution in [2.75, 3.05) is 16.4 Å². The molecule has 1 aliphatic rings. The molecule has 2 amide bonds. The number of carbonyl (C=O) groups is 3. The average molecular weight is 839 g/mol. The fourth-order valence-electron chi connectivity index (χ4n) is 8.17. The first-order chi connectivity index (χ1) is 28.9. The van der Waals surface area contributed by atoms with Crippen molar-refractivity contribution < 1.29 is 24.2 Å².